The van der Waals surface area contributed by atoms with E-state index in [4.69, 9.17) is 11.6 Å². The number of hydrogen-bond acceptors (Lipinski definition) is 1. The van der Waals surface area contributed by atoms with E-state index in [1.165, 1.54) is 6.07 Å². The van der Waals surface area contributed by atoms with E-state index in [0.717, 1.165) is 11.1 Å². The van der Waals surface area contributed by atoms with Crippen LogP contribution < -0.4 is 10.6 Å². The van der Waals surface area contributed by atoms with Crippen molar-refractivity contribution in [2.75, 3.05) is 11.9 Å². The standard InChI is InChI=1S/C17H18ClFN2O/c1-11-6-7-16(15(19)8-11)21-17(22)10-20-12(2)13-4-3-5-14(18)9-13/h3-9,12,20H,10H2,1-2H3,(H,21,22)/p+1/t12-/m1/s1. The summed E-state index contributed by atoms with van der Waals surface area (Å²) in [4.78, 5) is 11.9. The van der Waals surface area contributed by atoms with Crippen molar-refractivity contribution in [1.29, 1.82) is 0 Å². The van der Waals surface area contributed by atoms with Crippen molar-refractivity contribution in [1.82, 2.24) is 0 Å². The Hall–Kier alpha value is -1.91. The number of amides is 1. The first-order valence-electron chi connectivity index (χ1n) is 7.10. The molecule has 0 spiro atoms. The summed E-state index contributed by atoms with van der Waals surface area (Å²) in [6.07, 6.45) is 0. The zero-order chi connectivity index (χ0) is 16.1. The molecule has 1 atom stereocenters. The van der Waals surface area contributed by atoms with Crippen LogP contribution in [0.5, 0.6) is 0 Å². The first-order valence-corrected chi connectivity index (χ1v) is 7.48. The summed E-state index contributed by atoms with van der Waals surface area (Å²) in [7, 11) is 0. The van der Waals surface area contributed by atoms with Gasteiger partial charge in [-0.15, -0.1) is 0 Å². The average molecular weight is 322 g/mol. The predicted molar refractivity (Wildman–Crippen MR) is 86.4 cm³/mol. The van der Waals surface area contributed by atoms with E-state index >= 15 is 0 Å². The lowest BCUT2D eigenvalue weighted by Gasteiger charge is -2.12. The molecule has 3 N–H and O–H groups in total. The van der Waals surface area contributed by atoms with Crippen LogP contribution in [-0.4, -0.2) is 12.5 Å². The molecule has 5 heteroatoms. The third-order valence-electron chi connectivity index (χ3n) is 3.43. The Morgan fingerprint density at radius 3 is 2.77 bits per heavy atom. The molecule has 0 bridgehead atoms. The highest BCUT2D eigenvalue weighted by Gasteiger charge is 2.13. The molecule has 2 aromatic rings. The Balaban J connectivity index is 1.90. The van der Waals surface area contributed by atoms with Gasteiger partial charge in [-0.25, -0.2) is 4.39 Å². The molecule has 3 nitrogen and oxygen atoms in total. The summed E-state index contributed by atoms with van der Waals surface area (Å²) in [5.41, 5.74) is 2.07. The Kier molecular flexibility index (Phi) is 5.52. The fraction of sp³-hybridized carbons (Fsp3) is 0.235. The van der Waals surface area contributed by atoms with Gasteiger partial charge in [-0.1, -0.05) is 29.8 Å². The van der Waals surface area contributed by atoms with Gasteiger partial charge in [0.05, 0.1) is 5.69 Å². The molecular weight excluding hydrogens is 303 g/mol. The van der Waals surface area contributed by atoms with Crippen molar-refractivity contribution >= 4 is 23.2 Å². The van der Waals surface area contributed by atoms with Gasteiger partial charge in [-0.3, -0.25) is 4.79 Å². The van der Waals surface area contributed by atoms with Crippen molar-refractivity contribution in [3.8, 4) is 0 Å². The van der Waals surface area contributed by atoms with Gasteiger partial charge in [-0.05, 0) is 43.7 Å². The third kappa shape index (κ3) is 4.55. The molecule has 0 saturated heterocycles. The number of hydrogen-bond donors (Lipinski definition) is 2. The molecule has 0 saturated carbocycles. The van der Waals surface area contributed by atoms with Crippen LogP contribution in [-0.2, 0) is 4.79 Å². The zero-order valence-electron chi connectivity index (χ0n) is 12.6. The number of quaternary nitrogens is 1. The summed E-state index contributed by atoms with van der Waals surface area (Å²) in [5.74, 6) is -0.659. The minimum Gasteiger partial charge on any atom is -0.333 e. The van der Waals surface area contributed by atoms with Gasteiger partial charge in [0.25, 0.3) is 5.91 Å². The topological polar surface area (TPSA) is 45.7 Å². The first-order chi connectivity index (χ1) is 10.5. The lowest BCUT2D eigenvalue weighted by molar-refractivity contribution is -0.682. The molecule has 1 amide bonds. The van der Waals surface area contributed by atoms with E-state index in [9.17, 15) is 9.18 Å². The summed E-state index contributed by atoms with van der Waals surface area (Å²) in [6, 6.07) is 12.3. The van der Waals surface area contributed by atoms with Gasteiger partial charge >= 0.3 is 0 Å². The maximum atomic E-state index is 13.7. The van der Waals surface area contributed by atoms with Gasteiger partial charge in [0, 0.05) is 10.6 Å². The Morgan fingerprint density at radius 2 is 2.09 bits per heavy atom. The number of halogens is 2. The molecule has 0 aliphatic rings. The summed E-state index contributed by atoms with van der Waals surface area (Å²) < 4.78 is 13.7. The lowest BCUT2D eigenvalue weighted by Crippen LogP contribution is -2.86. The molecule has 116 valence electrons. The number of aryl methyl sites for hydroxylation is 1. The van der Waals surface area contributed by atoms with E-state index in [-0.39, 0.29) is 24.2 Å². The average Bonchev–Trinajstić information content (AvgIpc) is 2.47. The van der Waals surface area contributed by atoms with Crippen molar-refractivity contribution < 1.29 is 14.5 Å². The number of anilines is 1. The van der Waals surface area contributed by atoms with Crippen LogP contribution in [0.2, 0.25) is 5.02 Å². The molecule has 0 heterocycles. The number of benzene rings is 2. The Morgan fingerprint density at radius 1 is 1.32 bits per heavy atom. The molecule has 0 aliphatic heterocycles. The number of carbonyl (C=O) groups excluding carboxylic acids is 1. The van der Waals surface area contributed by atoms with Gasteiger partial charge in [0.15, 0.2) is 6.54 Å². The molecule has 22 heavy (non-hydrogen) atoms. The molecule has 0 fully saturated rings. The summed E-state index contributed by atoms with van der Waals surface area (Å²) in [6.45, 7) is 4.00. The van der Waals surface area contributed by atoms with Crippen LogP contribution in [0.4, 0.5) is 10.1 Å². The number of nitrogens with two attached hydrogens (primary N) is 1. The van der Waals surface area contributed by atoms with Crippen LogP contribution in [0.15, 0.2) is 42.5 Å². The van der Waals surface area contributed by atoms with Gasteiger partial charge in [0.1, 0.15) is 11.9 Å². The lowest BCUT2D eigenvalue weighted by atomic mass is 10.1. The minimum atomic E-state index is -0.420. The number of nitrogens with one attached hydrogen (secondary N) is 1. The van der Waals surface area contributed by atoms with Crippen LogP contribution in [0.3, 0.4) is 0 Å². The monoisotopic (exact) mass is 321 g/mol. The molecule has 2 aromatic carbocycles. The van der Waals surface area contributed by atoms with Crippen molar-refractivity contribution in [2.24, 2.45) is 0 Å². The van der Waals surface area contributed by atoms with Gasteiger partial charge < -0.3 is 10.6 Å². The van der Waals surface area contributed by atoms with E-state index < -0.39 is 5.82 Å². The van der Waals surface area contributed by atoms with E-state index in [2.05, 4.69) is 5.32 Å². The fourth-order valence-corrected chi connectivity index (χ4v) is 2.33. The first kappa shape index (κ1) is 16.5. The maximum Gasteiger partial charge on any atom is 0.279 e. The third-order valence-corrected chi connectivity index (χ3v) is 3.67. The molecule has 2 rings (SSSR count). The second kappa shape index (κ2) is 7.38. The summed E-state index contributed by atoms with van der Waals surface area (Å²) in [5, 5.41) is 5.14. The number of rotatable bonds is 5. The molecule has 0 radical (unpaired) electrons. The van der Waals surface area contributed by atoms with Crippen LogP contribution in [0.25, 0.3) is 0 Å². The molecule has 0 aromatic heterocycles. The molecule has 0 unspecified atom stereocenters. The highest BCUT2D eigenvalue weighted by molar-refractivity contribution is 6.30. The van der Waals surface area contributed by atoms with Crippen molar-refractivity contribution in [3.05, 3.63) is 64.4 Å². The maximum absolute atomic E-state index is 13.7. The summed E-state index contributed by atoms with van der Waals surface area (Å²) >= 11 is 5.95. The van der Waals surface area contributed by atoms with Crippen LogP contribution in [0.1, 0.15) is 24.1 Å². The second-order valence-electron chi connectivity index (χ2n) is 5.31. The van der Waals surface area contributed by atoms with Gasteiger partial charge in [0.2, 0.25) is 0 Å². The Labute approximate surface area is 134 Å². The molecular formula is C17H19ClFN2O+. The minimum absolute atomic E-state index is 0.0901. The van der Waals surface area contributed by atoms with Crippen LogP contribution >= 0.6 is 11.6 Å². The van der Waals surface area contributed by atoms with Gasteiger partial charge in [-0.2, -0.15) is 0 Å². The quantitative estimate of drug-likeness (QED) is 0.873. The molecule has 0 aliphatic carbocycles. The smallest absolute Gasteiger partial charge is 0.279 e. The predicted octanol–water partition coefficient (Wildman–Crippen LogP) is 3.05. The number of carbonyl (C=O) groups is 1. The van der Waals surface area contributed by atoms with Crippen LogP contribution in [0, 0.1) is 12.7 Å². The SMILES string of the molecule is Cc1ccc(NC(=O)C[NH2+][C@H](C)c2cccc(Cl)c2)c(F)c1. The zero-order valence-corrected chi connectivity index (χ0v) is 13.3. The normalized spacial score (nSPS) is 12.0. The fourth-order valence-electron chi connectivity index (χ4n) is 2.13. The van der Waals surface area contributed by atoms with E-state index in [1.54, 1.807) is 19.1 Å². The van der Waals surface area contributed by atoms with E-state index in [0.29, 0.717) is 5.02 Å². The van der Waals surface area contributed by atoms with Crippen molar-refractivity contribution in [3.63, 3.8) is 0 Å². The largest absolute Gasteiger partial charge is 0.333 e. The highest BCUT2D eigenvalue weighted by Crippen LogP contribution is 2.16. The van der Waals surface area contributed by atoms with E-state index in [1.807, 2.05) is 36.5 Å². The highest BCUT2D eigenvalue weighted by atomic mass is 35.5. The Bertz CT molecular complexity index is 675. The van der Waals surface area contributed by atoms with Crippen molar-refractivity contribution in [2.45, 2.75) is 19.9 Å². The second-order valence-corrected chi connectivity index (χ2v) is 5.75.